The Morgan fingerprint density at radius 1 is 0.966 bits per heavy atom. The molecule has 6 nitrogen and oxygen atoms in total. The van der Waals surface area contributed by atoms with Crippen LogP contribution in [0.3, 0.4) is 0 Å². The van der Waals surface area contributed by atoms with Crippen molar-refractivity contribution >= 4 is 26.7 Å². The number of ether oxygens (including phenoxy) is 1. The number of nitrogens with zero attached hydrogens (tertiary/aromatic N) is 2. The van der Waals surface area contributed by atoms with Crippen LogP contribution in [0.1, 0.15) is 5.56 Å². The molecule has 0 atom stereocenters. The van der Waals surface area contributed by atoms with Crippen molar-refractivity contribution in [2.75, 3.05) is 11.8 Å². The summed E-state index contributed by atoms with van der Waals surface area (Å²) in [6.07, 6.45) is 2.67. The zero-order chi connectivity index (χ0) is 20.3. The molecule has 0 amide bonds. The lowest BCUT2D eigenvalue weighted by Crippen LogP contribution is -2.12. The van der Waals surface area contributed by atoms with Crippen molar-refractivity contribution in [1.82, 2.24) is 9.55 Å². The SMILES string of the molecule is COc1ccc(S(=O)(=O)Nc2ccc(CCn3cnc4ccccc43)cc2)cc1. The average molecular weight is 407 g/mol. The van der Waals surface area contributed by atoms with Crippen LogP contribution in [-0.2, 0) is 23.0 Å². The van der Waals surface area contributed by atoms with E-state index in [0.717, 1.165) is 29.6 Å². The zero-order valence-electron chi connectivity index (χ0n) is 15.9. The van der Waals surface area contributed by atoms with E-state index in [1.165, 1.54) is 12.1 Å². The lowest BCUT2D eigenvalue weighted by molar-refractivity contribution is 0.414. The summed E-state index contributed by atoms with van der Waals surface area (Å²) in [4.78, 5) is 4.59. The van der Waals surface area contributed by atoms with E-state index in [0.29, 0.717) is 11.4 Å². The van der Waals surface area contributed by atoms with Gasteiger partial charge in [0.15, 0.2) is 0 Å². The molecule has 0 spiro atoms. The maximum Gasteiger partial charge on any atom is 0.261 e. The third-order valence-corrected chi connectivity index (χ3v) is 6.14. The van der Waals surface area contributed by atoms with Crippen LogP contribution in [0.25, 0.3) is 11.0 Å². The van der Waals surface area contributed by atoms with Gasteiger partial charge in [0.2, 0.25) is 0 Å². The van der Waals surface area contributed by atoms with Gasteiger partial charge >= 0.3 is 0 Å². The maximum absolute atomic E-state index is 12.5. The Morgan fingerprint density at radius 3 is 2.41 bits per heavy atom. The predicted molar refractivity (Wildman–Crippen MR) is 114 cm³/mol. The summed E-state index contributed by atoms with van der Waals surface area (Å²) in [6, 6.07) is 21.7. The van der Waals surface area contributed by atoms with Crippen molar-refractivity contribution in [1.29, 1.82) is 0 Å². The fourth-order valence-electron chi connectivity index (χ4n) is 3.15. The van der Waals surface area contributed by atoms with Gasteiger partial charge in [0, 0.05) is 12.2 Å². The minimum Gasteiger partial charge on any atom is -0.497 e. The number of hydrogen-bond acceptors (Lipinski definition) is 4. The second kappa shape index (κ2) is 7.97. The molecule has 148 valence electrons. The highest BCUT2D eigenvalue weighted by atomic mass is 32.2. The Hall–Kier alpha value is -3.32. The fraction of sp³-hybridized carbons (Fsp3) is 0.136. The van der Waals surface area contributed by atoms with Gasteiger partial charge in [-0.2, -0.15) is 0 Å². The average Bonchev–Trinajstić information content (AvgIpc) is 3.16. The lowest BCUT2D eigenvalue weighted by Gasteiger charge is -2.10. The number of para-hydroxylation sites is 2. The summed E-state index contributed by atoms with van der Waals surface area (Å²) in [5, 5.41) is 0. The van der Waals surface area contributed by atoms with E-state index in [9.17, 15) is 8.42 Å². The number of aryl methyl sites for hydroxylation is 2. The van der Waals surface area contributed by atoms with Gasteiger partial charge in [-0.3, -0.25) is 4.72 Å². The third-order valence-electron chi connectivity index (χ3n) is 4.74. The van der Waals surface area contributed by atoms with E-state index in [1.54, 1.807) is 31.4 Å². The van der Waals surface area contributed by atoms with E-state index in [4.69, 9.17) is 4.74 Å². The number of benzene rings is 3. The van der Waals surface area contributed by atoms with Crippen LogP contribution in [0.15, 0.2) is 84.0 Å². The smallest absolute Gasteiger partial charge is 0.261 e. The number of methoxy groups -OCH3 is 1. The van der Waals surface area contributed by atoms with Crippen LogP contribution in [0.4, 0.5) is 5.69 Å². The van der Waals surface area contributed by atoms with Crippen molar-refractivity contribution in [3.8, 4) is 5.75 Å². The van der Waals surface area contributed by atoms with E-state index >= 15 is 0 Å². The number of rotatable bonds is 7. The molecule has 0 fully saturated rings. The number of anilines is 1. The van der Waals surface area contributed by atoms with Crippen LogP contribution in [0.2, 0.25) is 0 Å². The molecule has 0 saturated carbocycles. The second-order valence-corrected chi connectivity index (χ2v) is 8.34. The molecule has 0 aliphatic heterocycles. The normalized spacial score (nSPS) is 11.5. The minimum absolute atomic E-state index is 0.189. The van der Waals surface area contributed by atoms with Gasteiger partial charge in [-0.05, 0) is 60.5 Å². The molecule has 0 radical (unpaired) electrons. The lowest BCUT2D eigenvalue weighted by atomic mass is 10.1. The number of hydrogen-bond donors (Lipinski definition) is 1. The minimum atomic E-state index is -3.64. The highest BCUT2D eigenvalue weighted by Crippen LogP contribution is 2.20. The van der Waals surface area contributed by atoms with Crippen LogP contribution in [-0.4, -0.2) is 25.1 Å². The summed E-state index contributed by atoms with van der Waals surface area (Å²) < 4.78 is 34.9. The summed E-state index contributed by atoms with van der Waals surface area (Å²) >= 11 is 0. The molecule has 3 aromatic carbocycles. The van der Waals surface area contributed by atoms with Gasteiger partial charge < -0.3 is 9.30 Å². The molecule has 0 unspecified atom stereocenters. The molecule has 4 aromatic rings. The summed E-state index contributed by atoms with van der Waals surface area (Å²) in [5.41, 5.74) is 3.74. The Balaban J connectivity index is 1.42. The first-order chi connectivity index (χ1) is 14.0. The zero-order valence-corrected chi connectivity index (χ0v) is 16.8. The van der Waals surface area contributed by atoms with Gasteiger partial charge in [-0.25, -0.2) is 13.4 Å². The standard InChI is InChI=1S/C22H21N3O3S/c1-28-19-10-12-20(13-11-19)29(26,27)24-18-8-6-17(7-9-18)14-15-25-16-23-21-4-2-3-5-22(21)25/h2-13,16,24H,14-15H2,1H3. The first-order valence-corrected chi connectivity index (χ1v) is 10.7. The van der Waals surface area contributed by atoms with Crippen LogP contribution >= 0.6 is 0 Å². The van der Waals surface area contributed by atoms with Crippen molar-refractivity contribution < 1.29 is 13.2 Å². The van der Waals surface area contributed by atoms with E-state index in [1.807, 2.05) is 36.7 Å². The molecule has 4 rings (SSSR count). The molecule has 1 heterocycles. The molecule has 0 aliphatic rings. The number of imidazole rings is 1. The van der Waals surface area contributed by atoms with Gasteiger partial charge in [0.1, 0.15) is 5.75 Å². The molecule has 1 aromatic heterocycles. The van der Waals surface area contributed by atoms with Crippen LogP contribution in [0, 0.1) is 0 Å². The highest BCUT2D eigenvalue weighted by Gasteiger charge is 2.14. The summed E-state index contributed by atoms with van der Waals surface area (Å²) in [5.74, 6) is 0.610. The quantitative estimate of drug-likeness (QED) is 0.501. The third kappa shape index (κ3) is 4.25. The van der Waals surface area contributed by atoms with Gasteiger partial charge in [-0.15, -0.1) is 0 Å². The van der Waals surface area contributed by atoms with Crippen molar-refractivity contribution in [3.05, 3.63) is 84.7 Å². The van der Waals surface area contributed by atoms with E-state index in [-0.39, 0.29) is 4.90 Å². The van der Waals surface area contributed by atoms with Crippen molar-refractivity contribution in [2.45, 2.75) is 17.9 Å². The van der Waals surface area contributed by atoms with Gasteiger partial charge in [0.05, 0.1) is 29.4 Å². The first kappa shape index (κ1) is 19.0. The number of aromatic nitrogens is 2. The van der Waals surface area contributed by atoms with E-state index < -0.39 is 10.0 Å². The Morgan fingerprint density at radius 2 is 1.69 bits per heavy atom. The monoisotopic (exact) mass is 407 g/mol. The molecule has 0 bridgehead atoms. The van der Waals surface area contributed by atoms with Gasteiger partial charge in [0.25, 0.3) is 10.0 Å². The topological polar surface area (TPSA) is 73.2 Å². The van der Waals surface area contributed by atoms with Crippen LogP contribution in [0.5, 0.6) is 5.75 Å². The molecule has 0 aliphatic carbocycles. The highest BCUT2D eigenvalue weighted by molar-refractivity contribution is 7.92. The molecular formula is C22H21N3O3S. The van der Waals surface area contributed by atoms with E-state index in [2.05, 4.69) is 20.3 Å². The fourth-order valence-corrected chi connectivity index (χ4v) is 4.21. The predicted octanol–water partition coefficient (Wildman–Crippen LogP) is 4.09. The summed E-state index contributed by atoms with van der Waals surface area (Å²) in [7, 11) is -2.10. The Labute approximate surface area is 169 Å². The first-order valence-electron chi connectivity index (χ1n) is 9.21. The Bertz CT molecular complexity index is 1210. The molecular weight excluding hydrogens is 386 g/mol. The second-order valence-electron chi connectivity index (χ2n) is 6.65. The van der Waals surface area contributed by atoms with Crippen molar-refractivity contribution in [2.24, 2.45) is 0 Å². The molecule has 7 heteroatoms. The van der Waals surface area contributed by atoms with Gasteiger partial charge in [-0.1, -0.05) is 24.3 Å². The van der Waals surface area contributed by atoms with Crippen molar-refractivity contribution in [3.63, 3.8) is 0 Å². The number of sulfonamides is 1. The molecule has 0 saturated heterocycles. The molecule has 29 heavy (non-hydrogen) atoms. The summed E-state index contributed by atoms with van der Waals surface area (Å²) in [6.45, 7) is 0.803. The largest absolute Gasteiger partial charge is 0.497 e. The maximum atomic E-state index is 12.5. The Kier molecular flexibility index (Phi) is 5.22. The number of nitrogens with one attached hydrogen (secondary N) is 1. The number of fused-ring (bicyclic) bond motifs is 1. The van der Waals surface area contributed by atoms with Crippen LogP contribution < -0.4 is 9.46 Å². The molecule has 1 N–H and O–H groups in total.